The van der Waals surface area contributed by atoms with Crippen molar-refractivity contribution < 1.29 is 0 Å². The Balaban J connectivity index is 1.63. The fraction of sp³-hybridized carbons (Fsp3) is 0.600. The number of H-pyrrole nitrogens is 1. The van der Waals surface area contributed by atoms with Gasteiger partial charge in [-0.2, -0.15) is 0 Å². The molecule has 0 radical (unpaired) electrons. The molecule has 0 spiro atoms. The molecule has 1 aliphatic carbocycles. The van der Waals surface area contributed by atoms with Crippen LogP contribution in [0.25, 0.3) is 11.0 Å². The summed E-state index contributed by atoms with van der Waals surface area (Å²) in [7, 11) is 0. The van der Waals surface area contributed by atoms with Gasteiger partial charge < -0.3 is 10.3 Å². The number of aromatic nitrogens is 3. The van der Waals surface area contributed by atoms with E-state index in [4.69, 9.17) is 0 Å². The number of nitrogens with zero attached hydrogens (tertiary/aromatic N) is 2. The zero-order valence-electron chi connectivity index (χ0n) is 11.5. The Kier molecular flexibility index (Phi) is 3.67. The maximum Gasteiger partial charge on any atom is 0.142 e. The molecule has 3 rings (SSSR count). The molecule has 4 heteroatoms. The molecule has 0 aliphatic heterocycles. The molecule has 19 heavy (non-hydrogen) atoms. The molecule has 0 amide bonds. The minimum Gasteiger partial charge on any atom is -0.369 e. The zero-order chi connectivity index (χ0) is 13.1. The lowest BCUT2D eigenvalue weighted by Crippen LogP contribution is -2.22. The van der Waals surface area contributed by atoms with Crippen molar-refractivity contribution in [2.45, 2.75) is 39.0 Å². The highest BCUT2D eigenvalue weighted by Gasteiger charge is 2.20. The molecule has 1 saturated carbocycles. The molecule has 1 aliphatic rings. The quantitative estimate of drug-likeness (QED) is 0.881. The summed E-state index contributed by atoms with van der Waals surface area (Å²) in [6.45, 7) is 3.36. The molecule has 0 aromatic carbocycles. The number of nitrogens with one attached hydrogen (secondary N) is 2. The molecular formula is C15H22N4. The summed E-state index contributed by atoms with van der Waals surface area (Å²) in [5.74, 6) is 2.54. The van der Waals surface area contributed by atoms with E-state index in [9.17, 15) is 0 Å². The highest BCUT2D eigenvalue weighted by molar-refractivity contribution is 5.86. The van der Waals surface area contributed by atoms with Crippen molar-refractivity contribution in [3.05, 3.63) is 18.6 Å². The van der Waals surface area contributed by atoms with Crippen LogP contribution in [0.4, 0.5) is 5.82 Å². The second-order valence-corrected chi connectivity index (χ2v) is 5.72. The Hall–Kier alpha value is -1.58. The molecule has 1 unspecified atom stereocenters. The van der Waals surface area contributed by atoms with Gasteiger partial charge in [-0.3, -0.25) is 0 Å². The Morgan fingerprint density at radius 1 is 1.32 bits per heavy atom. The molecular weight excluding hydrogens is 236 g/mol. The van der Waals surface area contributed by atoms with Gasteiger partial charge in [-0.1, -0.05) is 39.0 Å². The van der Waals surface area contributed by atoms with E-state index in [1.54, 1.807) is 6.33 Å². The van der Waals surface area contributed by atoms with E-state index in [0.717, 1.165) is 29.3 Å². The second-order valence-electron chi connectivity index (χ2n) is 5.72. The monoisotopic (exact) mass is 258 g/mol. The highest BCUT2D eigenvalue weighted by atomic mass is 15.0. The van der Waals surface area contributed by atoms with Gasteiger partial charge in [-0.15, -0.1) is 0 Å². The largest absolute Gasteiger partial charge is 0.369 e. The number of hydrogen-bond acceptors (Lipinski definition) is 3. The summed E-state index contributed by atoms with van der Waals surface area (Å²) in [5, 5.41) is 4.58. The van der Waals surface area contributed by atoms with Gasteiger partial charge in [0.15, 0.2) is 0 Å². The van der Waals surface area contributed by atoms with Crippen molar-refractivity contribution >= 4 is 16.9 Å². The van der Waals surface area contributed by atoms with Gasteiger partial charge in [0, 0.05) is 12.7 Å². The van der Waals surface area contributed by atoms with Crippen LogP contribution in [-0.2, 0) is 0 Å². The van der Waals surface area contributed by atoms with E-state index >= 15 is 0 Å². The number of rotatable bonds is 4. The van der Waals surface area contributed by atoms with Gasteiger partial charge in [-0.05, 0) is 17.9 Å². The third-order valence-corrected chi connectivity index (χ3v) is 4.40. The first kappa shape index (κ1) is 12.5. The maximum absolute atomic E-state index is 4.35. The van der Waals surface area contributed by atoms with Crippen LogP contribution in [0.15, 0.2) is 18.6 Å². The van der Waals surface area contributed by atoms with Gasteiger partial charge in [0.1, 0.15) is 17.8 Å². The van der Waals surface area contributed by atoms with E-state index in [1.165, 1.54) is 32.1 Å². The first-order chi connectivity index (χ1) is 9.34. The van der Waals surface area contributed by atoms with Gasteiger partial charge in [0.05, 0.1) is 5.39 Å². The smallest absolute Gasteiger partial charge is 0.142 e. The highest BCUT2D eigenvalue weighted by Crippen LogP contribution is 2.30. The summed E-state index contributed by atoms with van der Waals surface area (Å²) in [6, 6.07) is 2.03. The summed E-state index contributed by atoms with van der Waals surface area (Å²) in [5.41, 5.74) is 0.905. The summed E-state index contributed by atoms with van der Waals surface area (Å²) in [6.07, 6.45) is 10.6. The lowest BCUT2D eigenvalue weighted by Gasteiger charge is -2.27. The average molecular weight is 258 g/mol. The van der Waals surface area contributed by atoms with Crippen molar-refractivity contribution in [3.8, 4) is 0 Å². The van der Waals surface area contributed by atoms with Crippen molar-refractivity contribution in [1.29, 1.82) is 0 Å². The predicted octanol–water partition coefficient (Wildman–Crippen LogP) is 3.59. The van der Waals surface area contributed by atoms with Gasteiger partial charge in [0.25, 0.3) is 0 Å². The average Bonchev–Trinajstić information content (AvgIpc) is 2.94. The van der Waals surface area contributed by atoms with Crippen LogP contribution in [0.2, 0.25) is 0 Å². The van der Waals surface area contributed by atoms with Gasteiger partial charge in [-0.25, -0.2) is 9.97 Å². The number of aromatic amines is 1. The Morgan fingerprint density at radius 3 is 3.00 bits per heavy atom. The molecule has 2 aromatic heterocycles. The molecule has 4 nitrogen and oxygen atoms in total. The Labute approximate surface area is 114 Å². The van der Waals surface area contributed by atoms with Crippen LogP contribution in [0.5, 0.6) is 0 Å². The van der Waals surface area contributed by atoms with Crippen LogP contribution in [-0.4, -0.2) is 21.5 Å². The molecule has 2 heterocycles. The fourth-order valence-corrected chi connectivity index (χ4v) is 3.14. The molecule has 2 aromatic rings. The van der Waals surface area contributed by atoms with E-state index < -0.39 is 0 Å². The van der Waals surface area contributed by atoms with E-state index in [1.807, 2.05) is 12.3 Å². The summed E-state index contributed by atoms with van der Waals surface area (Å²) < 4.78 is 0. The number of anilines is 1. The molecule has 102 valence electrons. The maximum atomic E-state index is 4.35. The lowest BCUT2D eigenvalue weighted by atomic mass is 9.81. The van der Waals surface area contributed by atoms with Gasteiger partial charge in [0.2, 0.25) is 0 Å². The van der Waals surface area contributed by atoms with Crippen LogP contribution >= 0.6 is 0 Å². The molecule has 0 saturated heterocycles. The summed E-state index contributed by atoms with van der Waals surface area (Å²) in [4.78, 5) is 11.7. The van der Waals surface area contributed by atoms with Crippen LogP contribution in [0.1, 0.15) is 39.0 Å². The minimum absolute atomic E-state index is 0.712. The normalized spacial score (nSPS) is 18.6. The van der Waals surface area contributed by atoms with E-state index in [2.05, 4.69) is 27.2 Å². The minimum atomic E-state index is 0.712. The van der Waals surface area contributed by atoms with E-state index in [-0.39, 0.29) is 0 Å². The third kappa shape index (κ3) is 2.72. The number of fused-ring (bicyclic) bond motifs is 1. The molecule has 1 atom stereocenters. The van der Waals surface area contributed by atoms with Crippen LogP contribution in [0, 0.1) is 11.8 Å². The molecule has 2 N–H and O–H groups in total. The Morgan fingerprint density at radius 2 is 2.16 bits per heavy atom. The topological polar surface area (TPSA) is 53.6 Å². The fourth-order valence-electron chi connectivity index (χ4n) is 3.14. The Bertz CT molecular complexity index is 528. The SMILES string of the molecule is CC(CNc1ncnc2[nH]ccc12)C1CCCCC1. The number of hydrogen-bond donors (Lipinski definition) is 2. The van der Waals surface area contributed by atoms with Gasteiger partial charge >= 0.3 is 0 Å². The summed E-state index contributed by atoms with van der Waals surface area (Å²) >= 11 is 0. The predicted molar refractivity (Wildman–Crippen MR) is 78.1 cm³/mol. The van der Waals surface area contributed by atoms with Crippen LogP contribution < -0.4 is 5.32 Å². The lowest BCUT2D eigenvalue weighted by molar-refractivity contribution is 0.273. The third-order valence-electron chi connectivity index (χ3n) is 4.40. The zero-order valence-corrected chi connectivity index (χ0v) is 11.5. The first-order valence-electron chi connectivity index (χ1n) is 7.36. The van der Waals surface area contributed by atoms with E-state index in [0.29, 0.717) is 5.92 Å². The second kappa shape index (κ2) is 5.59. The van der Waals surface area contributed by atoms with Crippen molar-refractivity contribution in [2.24, 2.45) is 11.8 Å². The first-order valence-corrected chi connectivity index (χ1v) is 7.36. The van der Waals surface area contributed by atoms with Crippen molar-refractivity contribution in [1.82, 2.24) is 15.0 Å². The van der Waals surface area contributed by atoms with Crippen LogP contribution in [0.3, 0.4) is 0 Å². The molecule has 0 bridgehead atoms. The van der Waals surface area contributed by atoms with Crippen molar-refractivity contribution in [2.75, 3.05) is 11.9 Å². The standard InChI is InChI=1S/C15H22N4/c1-11(12-5-3-2-4-6-12)9-17-15-13-7-8-16-14(13)18-10-19-15/h7-8,10-12H,2-6,9H2,1H3,(H2,16,17,18,19). The van der Waals surface area contributed by atoms with Crippen molar-refractivity contribution in [3.63, 3.8) is 0 Å². The molecule has 1 fully saturated rings.